The summed E-state index contributed by atoms with van der Waals surface area (Å²) in [4.78, 5) is 68.6. The van der Waals surface area contributed by atoms with Gasteiger partial charge in [0, 0.05) is 13.0 Å². The van der Waals surface area contributed by atoms with Gasteiger partial charge in [-0.15, -0.1) is 0 Å². The first-order chi connectivity index (χ1) is 12.8. The summed E-state index contributed by atoms with van der Waals surface area (Å²) in [5.74, 6) is -6.97. The Balaban J connectivity index is 5.36. The smallest absolute Gasteiger partial charge is 0.305 e. The fourth-order valence-electron chi connectivity index (χ4n) is 2.21. The molecule has 0 aliphatic carbocycles. The van der Waals surface area contributed by atoms with Gasteiger partial charge in [0.15, 0.2) is 0 Å². The first-order valence-corrected chi connectivity index (χ1v) is 8.36. The van der Waals surface area contributed by atoms with Crippen molar-refractivity contribution >= 4 is 35.6 Å². The Labute approximate surface area is 160 Å². The van der Waals surface area contributed by atoms with Crippen molar-refractivity contribution in [3.63, 3.8) is 0 Å². The van der Waals surface area contributed by atoms with Crippen LogP contribution < -0.4 is 16.0 Å². The monoisotopic (exact) mass is 403 g/mol. The highest BCUT2D eigenvalue weighted by molar-refractivity contribution is 5.95. The standard InChI is InChI=1S/C16H25N3O9/c1-7(2)9(4-12(21)22)18-16(28)11(6-14(25)26)19-15(27)10(5-13(23)24)17-8(3)20/h7,9-11H,4-6H2,1-3H3,(H,17,20)(H,18,28)(H,19,27)(H,21,22)(H,23,24)(H,25,26)/t9-,10-,11-/m0/s1. The molecule has 0 aromatic heterocycles. The minimum Gasteiger partial charge on any atom is -0.481 e. The predicted molar refractivity (Wildman–Crippen MR) is 93.1 cm³/mol. The summed E-state index contributed by atoms with van der Waals surface area (Å²) in [5.41, 5.74) is 0. The van der Waals surface area contributed by atoms with Gasteiger partial charge in [-0.1, -0.05) is 13.8 Å². The maximum absolute atomic E-state index is 12.4. The van der Waals surface area contributed by atoms with E-state index in [4.69, 9.17) is 15.3 Å². The van der Waals surface area contributed by atoms with E-state index in [9.17, 15) is 28.8 Å². The summed E-state index contributed by atoms with van der Waals surface area (Å²) >= 11 is 0. The summed E-state index contributed by atoms with van der Waals surface area (Å²) in [5, 5.41) is 33.3. The highest BCUT2D eigenvalue weighted by atomic mass is 16.4. The van der Waals surface area contributed by atoms with Crippen LogP contribution in [-0.2, 0) is 28.8 Å². The molecule has 0 saturated heterocycles. The third kappa shape index (κ3) is 10.1. The molecule has 0 radical (unpaired) electrons. The van der Waals surface area contributed by atoms with Crippen LogP contribution in [0.25, 0.3) is 0 Å². The van der Waals surface area contributed by atoms with Gasteiger partial charge in [-0.3, -0.25) is 28.8 Å². The van der Waals surface area contributed by atoms with Crippen LogP contribution >= 0.6 is 0 Å². The van der Waals surface area contributed by atoms with Crippen LogP contribution in [0.2, 0.25) is 0 Å². The molecule has 0 aromatic carbocycles. The Kier molecular flexibility index (Phi) is 10.2. The van der Waals surface area contributed by atoms with Crippen molar-refractivity contribution in [2.45, 2.75) is 58.2 Å². The van der Waals surface area contributed by atoms with Gasteiger partial charge in [0.25, 0.3) is 0 Å². The molecule has 0 fully saturated rings. The van der Waals surface area contributed by atoms with Crippen molar-refractivity contribution in [2.24, 2.45) is 5.92 Å². The number of carbonyl (C=O) groups is 6. The molecule has 0 aliphatic heterocycles. The second kappa shape index (κ2) is 11.5. The third-order valence-electron chi connectivity index (χ3n) is 3.61. The predicted octanol–water partition coefficient (Wildman–Crippen LogP) is -1.46. The van der Waals surface area contributed by atoms with E-state index in [-0.39, 0.29) is 5.92 Å². The number of hydrogen-bond donors (Lipinski definition) is 6. The number of rotatable bonds is 12. The number of hydrogen-bond acceptors (Lipinski definition) is 6. The fourth-order valence-corrected chi connectivity index (χ4v) is 2.21. The molecule has 12 nitrogen and oxygen atoms in total. The maximum atomic E-state index is 12.4. The summed E-state index contributed by atoms with van der Waals surface area (Å²) in [6, 6.07) is -3.92. The van der Waals surface area contributed by atoms with E-state index in [0.29, 0.717) is 0 Å². The van der Waals surface area contributed by atoms with Crippen LogP contribution in [0.3, 0.4) is 0 Å². The number of aliphatic carboxylic acids is 3. The molecule has 0 aromatic rings. The van der Waals surface area contributed by atoms with Gasteiger partial charge >= 0.3 is 17.9 Å². The molecule has 0 rings (SSSR count). The minimum absolute atomic E-state index is 0.291. The van der Waals surface area contributed by atoms with E-state index >= 15 is 0 Å². The van der Waals surface area contributed by atoms with Gasteiger partial charge in [-0.05, 0) is 5.92 Å². The van der Waals surface area contributed by atoms with Crippen molar-refractivity contribution in [1.29, 1.82) is 0 Å². The van der Waals surface area contributed by atoms with Gasteiger partial charge in [0.05, 0.1) is 19.3 Å². The van der Waals surface area contributed by atoms with Crippen molar-refractivity contribution in [2.75, 3.05) is 0 Å². The van der Waals surface area contributed by atoms with Crippen LogP contribution in [0.1, 0.15) is 40.0 Å². The molecule has 0 bridgehead atoms. The molecule has 0 saturated carbocycles. The van der Waals surface area contributed by atoms with Gasteiger partial charge in [0.1, 0.15) is 12.1 Å². The minimum atomic E-state index is -1.59. The van der Waals surface area contributed by atoms with E-state index in [2.05, 4.69) is 16.0 Å². The van der Waals surface area contributed by atoms with E-state index < -0.39 is 73.0 Å². The SMILES string of the molecule is CC(=O)N[C@@H](CC(=O)O)C(=O)N[C@@H](CC(=O)O)C(=O)N[C@@H](CC(=O)O)C(C)C. The number of carboxylic acid groups (broad SMARTS) is 3. The topological polar surface area (TPSA) is 199 Å². The fraction of sp³-hybridized carbons (Fsp3) is 0.625. The molecule has 3 atom stereocenters. The molecular formula is C16H25N3O9. The zero-order valence-electron chi connectivity index (χ0n) is 15.7. The Hall–Kier alpha value is -3.18. The van der Waals surface area contributed by atoms with Crippen LogP contribution in [-0.4, -0.2) is 69.1 Å². The largest absolute Gasteiger partial charge is 0.481 e. The zero-order valence-corrected chi connectivity index (χ0v) is 15.7. The van der Waals surface area contributed by atoms with Gasteiger partial charge in [-0.25, -0.2) is 0 Å². The number of amides is 3. The van der Waals surface area contributed by atoms with E-state index in [1.165, 1.54) is 0 Å². The molecular weight excluding hydrogens is 378 g/mol. The van der Waals surface area contributed by atoms with Crippen molar-refractivity contribution in [1.82, 2.24) is 16.0 Å². The van der Waals surface area contributed by atoms with Crippen molar-refractivity contribution in [3.8, 4) is 0 Å². The number of carbonyl (C=O) groups excluding carboxylic acids is 3. The molecule has 6 N–H and O–H groups in total. The molecule has 158 valence electrons. The van der Waals surface area contributed by atoms with Gasteiger partial charge < -0.3 is 31.3 Å². The lowest BCUT2D eigenvalue weighted by Crippen LogP contribution is -2.56. The van der Waals surface area contributed by atoms with Crippen LogP contribution in [0.4, 0.5) is 0 Å². The number of carboxylic acids is 3. The second-order valence-electron chi connectivity index (χ2n) is 6.47. The zero-order chi connectivity index (χ0) is 22.0. The van der Waals surface area contributed by atoms with E-state index in [1.807, 2.05) is 0 Å². The lowest BCUT2D eigenvalue weighted by Gasteiger charge is -2.25. The lowest BCUT2D eigenvalue weighted by atomic mass is 10.00. The molecule has 0 aliphatic rings. The quantitative estimate of drug-likeness (QED) is 0.225. The van der Waals surface area contributed by atoms with E-state index in [0.717, 1.165) is 6.92 Å². The summed E-state index contributed by atoms with van der Waals surface area (Å²) in [6.45, 7) is 4.36. The first kappa shape index (κ1) is 24.8. The second-order valence-corrected chi connectivity index (χ2v) is 6.47. The molecule has 12 heteroatoms. The van der Waals surface area contributed by atoms with E-state index in [1.54, 1.807) is 13.8 Å². The first-order valence-electron chi connectivity index (χ1n) is 8.36. The third-order valence-corrected chi connectivity index (χ3v) is 3.61. The Morgan fingerprint density at radius 3 is 1.43 bits per heavy atom. The lowest BCUT2D eigenvalue weighted by molar-refractivity contribution is -0.143. The van der Waals surface area contributed by atoms with Crippen LogP contribution in [0.5, 0.6) is 0 Å². The average Bonchev–Trinajstić information content (AvgIpc) is 2.50. The molecule has 3 amide bonds. The summed E-state index contributed by atoms with van der Waals surface area (Å²) < 4.78 is 0. The highest BCUT2D eigenvalue weighted by Crippen LogP contribution is 2.08. The highest BCUT2D eigenvalue weighted by Gasteiger charge is 2.31. The number of nitrogens with one attached hydrogen (secondary N) is 3. The molecule has 0 heterocycles. The Morgan fingerprint density at radius 2 is 1.07 bits per heavy atom. The van der Waals surface area contributed by atoms with Gasteiger partial charge in [0.2, 0.25) is 17.7 Å². The molecule has 0 spiro atoms. The van der Waals surface area contributed by atoms with Crippen molar-refractivity contribution < 1.29 is 44.1 Å². The maximum Gasteiger partial charge on any atom is 0.305 e. The van der Waals surface area contributed by atoms with Crippen molar-refractivity contribution in [3.05, 3.63) is 0 Å². The normalized spacial score (nSPS) is 13.7. The molecule has 28 heavy (non-hydrogen) atoms. The molecule has 0 unspecified atom stereocenters. The Morgan fingerprint density at radius 1 is 0.679 bits per heavy atom. The van der Waals surface area contributed by atoms with Gasteiger partial charge in [-0.2, -0.15) is 0 Å². The summed E-state index contributed by atoms with van der Waals surface area (Å²) in [7, 11) is 0. The Bertz CT molecular complexity index is 617. The van der Waals surface area contributed by atoms with Crippen LogP contribution in [0.15, 0.2) is 0 Å². The average molecular weight is 403 g/mol. The van der Waals surface area contributed by atoms with Crippen LogP contribution in [0, 0.1) is 5.92 Å². The summed E-state index contributed by atoms with van der Waals surface area (Å²) in [6.07, 6.45) is -2.01.